The van der Waals surface area contributed by atoms with Crippen molar-refractivity contribution in [3.8, 4) is 11.5 Å². The first-order chi connectivity index (χ1) is 12.0. The third kappa shape index (κ3) is 4.09. The zero-order valence-corrected chi connectivity index (χ0v) is 15.2. The molecule has 0 saturated carbocycles. The molecule has 0 radical (unpaired) electrons. The van der Waals surface area contributed by atoms with Crippen molar-refractivity contribution in [2.75, 3.05) is 14.1 Å². The number of benzene rings is 2. The van der Waals surface area contributed by atoms with E-state index in [4.69, 9.17) is 4.42 Å². The molecule has 25 heavy (non-hydrogen) atoms. The molecule has 5 nitrogen and oxygen atoms in total. The van der Waals surface area contributed by atoms with Gasteiger partial charge in [0.25, 0.3) is 11.1 Å². The Morgan fingerprint density at radius 2 is 1.80 bits per heavy atom. The Morgan fingerprint density at radius 3 is 2.48 bits per heavy atom. The summed E-state index contributed by atoms with van der Waals surface area (Å²) in [6, 6.07) is 15.5. The predicted octanol–water partition coefficient (Wildman–Crippen LogP) is 4.04. The van der Waals surface area contributed by atoms with Crippen LogP contribution in [0.25, 0.3) is 11.5 Å². The molecule has 2 aromatic carbocycles. The number of carbonyl (C=O) groups is 1. The lowest BCUT2D eigenvalue weighted by Crippen LogP contribution is -2.21. The fourth-order valence-corrected chi connectivity index (χ4v) is 3.06. The van der Waals surface area contributed by atoms with Crippen molar-refractivity contribution in [3.05, 3.63) is 65.2 Å². The zero-order valence-electron chi connectivity index (χ0n) is 14.4. The van der Waals surface area contributed by atoms with E-state index >= 15 is 0 Å². The fourth-order valence-electron chi connectivity index (χ4n) is 2.34. The predicted molar refractivity (Wildman–Crippen MR) is 98.5 cm³/mol. The highest BCUT2D eigenvalue weighted by molar-refractivity contribution is 7.98. The third-order valence-corrected chi connectivity index (χ3v) is 4.64. The van der Waals surface area contributed by atoms with Gasteiger partial charge >= 0.3 is 0 Å². The van der Waals surface area contributed by atoms with E-state index in [0.717, 1.165) is 16.7 Å². The average Bonchev–Trinajstić information content (AvgIpc) is 3.09. The molecule has 0 atom stereocenters. The summed E-state index contributed by atoms with van der Waals surface area (Å²) in [4.78, 5) is 13.5. The van der Waals surface area contributed by atoms with Crippen molar-refractivity contribution in [1.29, 1.82) is 0 Å². The van der Waals surface area contributed by atoms with Crippen molar-refractivity contribution >= 4 is 17.7 Å². The van der Waals surface area contributed by atoms with Gasteiger partial charge in [-0.15, -0.1) is 10.2 Å². The summed E-state index contributed by atoms with van der Waals surface area (Å²) < 4.78 is 5.75. The highest BCUT2D eigenvalue weighted by Gasteiger charge is 2.11. The van der Waals surface area contributed by atoms with E-state index in [2.05, 4.69) is 10.2 Å². The van der Waals surface area contributed by atoms with Crippen LogP contribution in [0.5, 0.6) is 0 Å². The number of carbonyl (C=O) groups excluding carboxylic acids is 1. The monoisotopic (exact) mass is 353 g/mol. The van der Waals surface area contributed by atoms with Crippen LogP contribution in [0, 0.1) is 6.92 Å². The lowest BCUT2D eigenvalue weighted by atomic mass is 10.1. The fraction of sp³-hybridized carbons (Fsp3) is 0.211. The van der Waals surface area contributed by atoms with Crippen molar-refractivity contribution in [2.24, 2.45) is 0 Å². The van der Waals surface area contributed by atoms with Gasteiger partial charge in [-0.05, 0) is 36.2 Å². The SMILES string of the molecule is Cc1ccccc1-c1nnc(SCc2ccc(C(=O)N(C)C)cc2)o1. The Bertz CT molecular complexity index is 872. The van der Waals surface area contributed by atoms with Crippen LogP contribution in [0.4, 0.5) is 0 Å². The van der Waals surface area contributed by atoms with Crippen LogP contribution in [0.1, 0.15) is 21.5 Å². The normalized spacial score (nSPS) is 10.7. The minimum absolute atomic E-state index is 0.000947. The van der Waals surface area contributed by atoms with Gasteiger partial charge in [0.05, 0.1) is 0 Å². The first kappa shape index (κ1) is 17.2. The summed E-state index contributed by atoms with van der Waals surface area (Å²) in [6.07, 6.45) is 0. The van der Waals surface area contributed by atoms with Crippen LogP contribution in [0.2, 0.25) is 0 Å². The molecule has 0 N–H and O–H groups in total. The number of aryl methyl sites for hydroxylation is 1. The Hall–Kier alpha value is -2.60. The second-order valence-electron chi connectivity index (χ2n) is 5.87. The average molecular weight is 353 g/mol. The molecule has 0 aliphatic rings. The van der Waals surface area contributed by atoms with E-state index in [1.54, 1.807) is 19.0 Å². The maximum Gasteiger partial charge on any atom is 0.277 e. The molecule has 3 rings (SSSR count). The van der Waals surface area contributed by atoms with Gasteiger partial charge in [0.2, 0.25) is 5.89 Å². The summed E-state index contributed by atoms with van der Waals surface area (Å²) in [5, 5.41) is 8.77. The first-order valence-electron chi connectivity index (χ1n) is 7.87. The zero-order chi connectivity index (χ0) is 17.8. The van der Waals surface area contributed by atoms with Gasteiger partial charge < -0.3 is 9.32 Å². The molecule has 1 aromatic heterocycles. The molecular weight excluding hydrogens is 334 g/mol. The number of nitrogens with zero attached hydrogens (tertiary/aromatic N) is 3. The second kappa shape index (κ2) is 7.53. The minimum Gasteiger partial charge on any atom is -0.411 e. The highest BCUT2D eigenvalue weighted by atomic mass is 32.2. The summed E-state index contributed by atoms with van der Waals surface area (Å²) in [7, 11) is 3.49. The molecule has 128 valence electrons. The molecule has 0 aliphatic carbocycles. The van der Waals surface area contributed by atoms with E-state index in [1.807, 2.05) is 55.5 Å². The van der Waals surface area contributed by atoms with Gasteiger partial charge in [0.1, 0.15) is 0 Å². The summed E-state index contributed by atoms with van der Waals surface area (Å²) in [6.45, 7) is 2.02. The van der Waals surface area contributed by atoms with Gasteiger partial charge in [-0.3, -0.25) is 4.79 Å². The van der Waals surface area contributed by atoms with Crippen molar-refractivity contribution < 1.29 is 9.21 Å². The van der Waals surface area contributed by atoms with Crippen LogP contribution in [-0.4, -0.2) is 35.1 Å². The van der Waals surface area contributed by atoms with E-state index in [0.29, 0.717) is 22.4 Å². The molecule has 6 heteroatoms. The van der Waals surface area contributed by atoms with Crippen LogP contribution < -0.4 is 0 Å². The maximum atomic E-state index is 11.9. The van der Waals surface area contributed by atoms with Crippen LogP contribution in [0.3, 0.4) is 0 Å². The molecule has 3 aromatic rings. The number of rotatable bonds is 5. The molecule has 0 bridgehead atoms. The molecule has 1 heterocycles. The topological polar surface area (TPSA) is 59.2 Å². The van der Waals surface area contributed by atoms with Crippen molar-refractivity contribution in [3.63, 3.8) is 0 Å². The Morgan fingerprint density at radius 1 is 1.08 bits per heavy atom. The highest BCUT2D eigenvalue weighted by Crippen LogP contribution is 2.27. The quantitative estimate of drug-likeness (QED) is 0.648. The smallest absolute Gasteiger partial charge is 0.277 e. The number of amides is 1. The largest absolute Gasteiger partial charge is 0.411 e. The minimum atomic E-state index is -0.000947. The Balaban J connectivity index is 1.65. The van der Waals surface area contributed by atoms with Crippen molar-refractivity contribution in [1.82, 2.24) is 15.1 Å². The van der Waals surface area contributed by atoms with Gasteiger partial charge in [-0.25, -0.2) is 0 Å². The summed E-state index contributed by atoms with van der Waals surface area (Å²) in [5.74, 6) is 1.23. The molecule has 0 fully saturated rings. The Labute approximate surface area is 151 Å². The standard InChI is InChI=1S/C19H19N3O2S/c1-13-6-4-5-7-16(13)17-20-21-19(24-17)25-12-14-8-10-15(11-9-14)18(23)22(2)3/h4-11H,12H2,1-3H3. The van der Waals surface area contributed by atoms with E-state index in [-0.39, 0.29) is 5.91 Å². The van der Waals surface area contributed by atoms with Crippen LogP contribution >= 0.6 is 11.8 Å². The molecule has 0 unspecified atom stereocenters. The summed E-state index contributed by atoms with van der Waals surface area (Å²) >= 11 is 1.48. The van der Waals surface area contributed by atoms with Crippen molar-refractivity contribution in [2.45, 2.75) is 17.9 Å². The lowest BCUT2D eigenvalue weighted by molar-refractivity contribution is 0.0827. The Kier molecular flexibility index (Phi) is 5.19. The van der Waals surface area contributed by atoms with Gasteiger partial charge in [0.15, 0.2) is 0 Å². The number of aromatic nitrogens is 2. The van der Waals surface area contributed by atoms with Gasteiger partial charge in [0, 0.05) is 31.0 Å². The number of hydrogen-bond donors (Lipinski definition) is 0. The molecular formula is C19H19N3O2S. The van der Waals surface area contributed by atoms with Gasteiger partial charge in [-0.2, -0.15) is 0 Å². The van der Waals surface area contributed by atoms with E-state index < -0.39 is 0 Å². The summed E-state index contributed by atoms with van der Waals surface area (Å²) in [5.41, 5.74) is 3.83. The molecule has 0 aliphatic heterocycles. The third-order valence-electron chi connectivity index (χ3n) is 3.75. The number of hydrogen-bond acceptors (Lipinski definition) is 5. The van der Waals surface area contributed by atoms with Crippen LogP contribution in [-0.2, 0) is 5.75 Å². The molecule has 1 amide bonds. The molecule has 0 spiro atoms. The number of thioether (sulfide) groups is 1. The van der Waals surface area contributed by atoms with Crippen LogP contribution in [0.15, 0.2) is 58.2 Å². The maximum absolute atomic E-state index is 11.9. The molecule has 0 saturated heterocycles. The van der Waals surface area contributed by atoms with E-state index in [9.17, 15) is 4.79 Å². The first-order valence-corrected chi connectivity index (χ1v) is 8.86. The van der Waals surface area contributed by atoms with Gasteiger partial charge in [-0.1, -0.05) is 42.1 Å². The second-order valence-corrected chi connectivity index (χ2v) is 6.80. The lowest BCUT2D eigenvalue weighted by Gasteiger charge is -2.10. The van der Waals surface area contributed by atoms with E-state index in [1.165, 1.54) is 11.8 Å².